The molecule has 1 aromatic heterocycles. The number of thiophene rings is 1. The molecule has 0 bridgehead atoms. The van der Waals surface area contributed by atoms with Crippen LogP contribution in [0.2, 0.25) is 0 Å². The Kier molecular flexibility index (Phi) is 4.57. The monoisotopic (exact) mass is 252 g/mol. The van der Waals surface area contributed by atoms with Crippen LogP contribution >= 0.6 is 11.3 Å². The summed E-state index contributed by atoms with van der Waals surface area (Å²) in [5, 5.41) is 5.07. The van der Waals surface area contributed by atoms with E-state index >= 15 is 0 Å². The van der Waals surface area contributed by atoms with Gasteiger partial charge in [-0.05, 0) is 37.3 Å². The lowest BCUT2D eigenvalue weighted by molar-refractivity contribution is 0.0915. The van der Waals surface area contributed by atoms with Gasteiger partial charge in [0.15, 0.2) is 0 Å². The second kappa shape index (κ2) is 6.17. The second-order valence-corrected chi connectivity index (χ2v) is 5.51. The van der Waals surface area contributed by atoms with Crippen LogP contribution in [0.1, 0.15) is 35.9 Å². The Morgan fingerprint density at radius 3 is 2.88 bits per heavy atom. The van der Waals surface area contributed by atoms with Crippen molar-refractivity contribution in [3.63, 3.8) is 0 Å². The summed E-state index contributed by atoms with van der Waals surface area (Å²) in [4.78, 5) is 15.2. The topological polar surface area (TPSA) is 32.3 Å². The first kappa shape index (κ1) is 12.6. The smallest absolute Gasteiger partial charge is 0.261 e. The number of carbonyl (C=O) groups excluding carboxylic acids is 1. The van der Waals surface area contributed by atoms with Crippen LogP contribution < -0.4 is 5.32 Å². The molecule has 17 heavy (non-hydrogen) atoms. The Labute approximate surface area is 107 Å². The highest BCUT2D eigenvalue weighted by Crippen LogP contribution is 2.13. The minimum Gasteiger partial charge on any atom is -0.349 e. The van der Waals surface area contributed by atoms with Crippen molar-refractivity contribution in [2.45, 2.75) is 32.2 Å². The molecule has 1 aliphatic rings. The van der Waals surface area contributed by atoms with E-state index in [1.165, 1.54) is 24.3 Å². The van der Waals surface area contributed by atoms with Crippen LogP contribution in [0.15, 0.2) is 17.5 Å². The van der Waals surface area contributed by atoms with E-state index < -0.39 is 0 Å². The van der Waals surface area contributed by atoms with Crippen LogP contribution in [-0.2, 0) is 0 Å². The Bertz CT molecular complexity index is 342. The maximum absolute atomic E-state index is 11.9. The molecule has 1 amide bonds. The largest absolute Gasteiger partial charge is 0.349 e. The summed E-state index contributed by atoms with van der Waals surface area (Å²) in [5.74, 6) is 0.0916. The van der Waals surface area contributed by atoms with Crippen LogP contribution in [0.3, 0.4) is 0 Å². The number of nitrogens with zero attached hydrogens (tertiary/aromatic N) is 1. The van der Waals surface area contributed by atoms with Gasteiger partial charge in [-0.3, -0.25) is 4.79 Å². The number of likely N-dealkylation sites (tertiary alicyclic amines) is 1. The minimum absolute atomic E-state index is 0.0916. The lowest BCUT2D eigenvalue weighted by atomic mass is 10.0. The summed E-state index contributed by atoms with van der Waals surface area (Å²) in [6, 6.07) is 4.16. The lowest BCUT2D eigenvalue weighted by Crippen LogP contribution is -2.44. The molecule has 0 unspecified atom stereocenters. The summed E-state index contributed by atoms with van der Waals surface area (Å²) >= 11 is 1.51. The highest BCUT2D eigenvalue weighted by Gasteiger charge is 2.20. The molecule has 0 spiro atoms. The average Bonchev–Trinajstić information content (AvgIpc) is 2.86. The van der Waals surface area contributed by atoms with E-state index in [-0.39, 0.29) is 5.91 Å². The molecule has 1 N–H and O–H groups in total. The highest BCUT2D eigenvalue weighted by molar-refractivity contribution is 7.12. The van der Waals surface area contributed by atoms with E-state index in [1.807, 2.05) is 17.5 Å². The molecule has 0 atom stereocenters. The summed E-state index contributed by atoms with van der Waals surface area (Å²) in [6.45, 7) is 5.63. The molecule has 0 aromatic carbocycles. The van der Waals surface area contributed by atoms with E-state index in [4.69, 9.17) is 0 Å². The second-order valence-electron chi connectivity index (χ2n) is 4.57. The number of hydrogen-bond acceptors (Lipinski definition) is 3. The highest BCUT2D eigenvalue weighted by atomic mass is 32.1. The molecule has 1 aromatic rings. The van der Waals surface area contributed by atoms with Crippen molar-refractivity contribution in [2.75, 3.05) is 19.6 Å². The quantitative estimate of drug-likeness (QED) is 0.892. The number of piperidine rings is 1. The van der Waals surface area contributed by atoms with Crippen LogP contribution in [0.4, 0.5) is 0 Å². The standard InChI is InChI=1S/C13H20N2OS/c1-2-7-15-8-5-11(6-9-15)14-13(16)12-4-3-10-17-12/h3-4,10-11H,2,5-9H2,1H3,(H,14,16). The molecule has 4 heteroatoms. The van der Waals surface area contributed by atoms with Gasteiger partial charge in [0.25, 0.3) is 5.91 Å². The molecular weight excluding hydrogens is 232 g/mol. The van der Waals surface area contributed by atoms with E-state index in [1.54, 1.807) is 0 Å². The van der Waals surface area contributed by atoms with Gasteiger partial charge < -0.3 is 10.2 Å². The molecule has 1 aliphatic heterocycles. The molecule has 2 heterocycles. The van der Waals surface area contributed by atoms with Crippen LogP contribution in [-0.4, -0.2) is 36.5 Å². The predicted octanol–water partition coefficient (Wildman–Crippen LogP) is 2.35. The lowest BCUT2D eigenvalue weighted by Gasteiger charge is -2.31. The molecule has 0 aliphatic carbocycles. The Balaban J connectivity index is 1.76. The maximum Gasteiger partial charge on any atom is 0.261 e. The first-order chi connectivity index (χ1) is 8.29. The van der Waals surface area contributed by atoms with E-state index in [2.05, 4.69) is 17.1 Å². The van der Waals surface area contributed by atoms with Crippen molar-refractivity contribution in [1.82, 2.24) is 10.2 Å². The molecule has 3 nitrogen and oxygen atoms in total. The van der Waals surface area contributed by atoms with Gasteiger partial charge in [0.1, 0.15) is 0 Å². The number of hydrogen-bond donors (Lipinski definition) is 1. The zero-order valence-corrected chi connectivity index (χ0v) is 11.1. The summed E-state index contributed by atoms with van der Waals surface area (Å²) < 4.78 is 0. The molecule has 2 rings (SSSR count). The molecule has 1 fully saturated rings. The fourth-order valence-electron chi connectivity index (χ4n) is 2.28. The number of carbonyl (C=O) groups is 1. The van der Waals surface area contributed by atoms with Crippen LogP contribution in [0, 0.1) is 0 Å². The Morgan fingerprint density at radius 2 is 2.29 bits per heavy atom. The van der Waals surface area contributed by atoms with Gasteiger partial charge in [0.2, 0.25) is 0 Å². The van der Waals surface area contributed by atoms with Gasteiger partial charge in [-0.15, -0.1) is 11.3 Å². The molecular formula is C13H20N2OS. The van der Waals surface area contributed by atoms with Crippen LogP contribution in [0.5, 0.6) is 0 Å². The van der Waals surface area contributed by atoms with Crippen molar-refractivity contribution in [3.8, 4) is 0 Å². The molecule has 0 saturated carbocycles. The minimum atomic E-state index is 0.0916. The average molecular weight is 252 g/mol. The van der Waals surface area contributed by atoms with E-state index in [0.29, 0.717) is 6.04 Å². The summed E-state index contributed by atoms with van der Waals surface area (Å²) in [7, 11) is 0. The fraction of sp³-hybridized carbons (Fsp3) is 0.615. The van der Waals surface area contributed by atoms with Crippen molar-refractivity contribution < 1.29 is 4.79 Å². The van der Waals surface area contributed by atoms with E-state index in [9.17, 15) is 4.79 Å². The van der Waals surface area contributed by atoms with Crippen LogP contribution in [0.25, 0.3) is 0 Å². The van der Waals surface area contributed by atoms with Gasteiger partial charge in [-0.2, -0.15) is 0 Å². The number of nitrogens with one attached hydrogen (secondary N) is 1. The third-order valence-electron chi connectivity index (χ3n) is 3.21. The zero-order chi connectivity index (χ0) is 12.1. The zero-order valence-electron chi connectivity index (χ0n) is 10.3. The first-order valence-corrected chi connectivity index (χ1v) is 7.24. The third-order valence-corrected chi connectivity index (χ3v) is 4.08. The van der Waals surface area contributed by atoms with Gasteiger partial charge in [0.05, 0.1) is 4.88 Å². The SMILES string of the molecule is CCCN1CCC(NC(=O)c2cccs2)CC1. The number of amides is 1. The van der Waals surface area contributed by atoms with Crippen molar-refractivity contribution in [2.24, 2.45) is 0 Å². The van der Waals surface area contributed by atoms with E-state index in [0.717, 1.165) is 30.8 Å². The Hall–Kier alpha value is -0.870. The van der Waals surface area contributed by atoms with Crippen molar-refractivity contribution in [1.29, 1.82) is 0 Å². The Morgan fingerprint density at radius 1 is 1.53 bits per heavy atom. The molecule has 1 saturated heterocycles. The van der Waals surface area contributed by atoms with Crippen molar-refractivity contribution >= 4 is 17.2 Å². The fourth-order valence-corrected chi connectivity index (χ4v) is 2.91. The maximum atomic E-state index is 11.9. The third kappa shape index (κ3) is 3.54. The summed E-state index contributed by atoms with van der Waals surface area (Å²) in [6.07, 6.45) is 3.38. The molecule has 94 valence electrons. The van der Waals surface area contributed by atoms with Gasteiger partial charge in [0, 0.05) is 19.1 Å². The normalized spacial score (nSPS) is 18.2. The van der Waals surface area contributed by atoms with Gasteiger partial charge in [-0.1, -0.05) is 13.0 Å². The summed E-state index contributed by atoms with van der Waals surface area (Å²) in [5.41, 5.74) is 0. The predicted molar refractivity (Wildman–Crippen MR) is 71.5 cm³/mol. The number of rotatable bonds is 4. The van der Waals surface area contributed by atoms with Gasteiger partial charge in [-0.25, -0.2) is 0 Å². The molecule has 0 radical (unpaired) electrons. The first-order valence-electron chi connectivity index (χ1n) is 6.36. The van der Waals surface area contributed by atoms with Crippen molar-refractivity contribution in [3.05, 3.63) is 22.4 Å². The van der Waals surface area contributed by atoms with Gasteiger partial charge >= 0.3 is 0 Å².